The molecule has 1 amide bonds. The number of nitrogens with zero attached hydrogens (tertiary/aromatic N) is 2. The van der Waals surface area contributed by atoms with E-state index in [1.54, 1.807) is 48.0 Å². The second-order valence-electron chi connectivity index (χ2n) is 9.51. The van der Waals surface area contributed by atoms with E-state index in [4.69, 9.17) is 4.74 Å². The lowest BCUT2D eigenvalue weighted by molar-refractivity contribution is -0.131. The van der Waals surface area contributed by atoms with Crippen LogP contribution >= 0.6 is 0 Å². The summed E-state index contributed by atoms with van der Waals surface area (Å²) in [5.74, 6) is -0.0157. The van der Waals surface area contributed by atoms with Gasteiger partial charge in [-0.2, -0.15) is 13.2 Å². The van der Waals surface area contributed by atoms with Gasteiger partial charge in [0, 0.05) is 35.8 Å². The van der Waals surface area contributed by atoms with E-state index in [9.17, 15) is 22.4 Å². The van der Waals surface area contributed by atoms with Crippen molar-refractivity contribution in [3.63, 3.8) is 0 Å². The van der Waals surface area contributed by atoms with Crippen molar-refractivity contribution in [3.8, 4) is 22.8 Å². The van der Waals surface area contributed by atoms with Gasteiger partial charge in [0.25, 0.3) is 5.91 Å². The third-order valence-electron chi connectivity index (χ3n) is 6.36. The standard InChI is InChI=1S/C28H26F4N4O2/c1-16-3-5-19(29)12-25(16)38-21-13-23(33-10-9-28(30,31)32)26-34-14-24(36(26)15-21)18-4-8-22(17(2)11-18)27(37)35-20-6-7-20/h3-5,8,11-15,20,33H,6-7,9-10H2,1-2H3,(H,35,37). The first-order valence-corrected chi connectivity index (χ1v) is 12.2. The Bertz CT molecular complexity index is 1510. The topological polar surface area (TPSA) is 67.7 Å². The molecule has 1 aliphatic carbocycles. The molecule has 2 aromatic carbocycles. The fourth-order valence-corrected chi connectivity index (χ4v) is 4.18. The summed E-state index contributed by atoms with van der Waals surface area (Å²) >= 11 is 0. The summed E-state index contributed by atoms with van der Waals surface area (Å²) in [6, 6.07) is 11.4. The summed E-state index contributed by atoms with van der Waals surface area (Å²) < 4.78 is 59.9. The zero-order chi connectivity index (χ0) is 27.0. The molecule has 2 heterocycles. The number of amides is 1. The van der Waals surface area contributed by atoms with Gasteiger partial charge < -0.3 is 15.4 Å². The van der Waals surface area contributed by atoms with E-state index in [-0.39, 0.29) is 30.0 Å². The van der Waals surface area contributed by atoms with Gasteiger partial charge in [-0.25, -0.2) is 9.37 Å². The van der Waals surface area contributed by atoms with E-state index in [1.807, 2.05) is 13.0 Å². The first kappa shape index (κ1) is 25.6. The van der Waals surface area contributed by atoms with Crippen LogP contribution in [0.25, 0.3) is 16.9 Å². The van der Waals surface area contributed by atoms with Crippen molar-refractivity contribution in [2.24, 2.45) is 0 Å². The van der Waals surface area contributed by atoms with E-state index >= 15 is 0 Å². The third-order valence-corrected chi connectivity index (χ3v) is 6.36. The van der Waals surface area contributed by atoms with Crippen LogP contribution in [-0.2, 0) is 0 Å². The largest absolute Gasteiger partial charge is 0.455 e. The molecular formula is C28H26F4N4O2. The Kier molecular flexibility index (Phi) is 6.73. The minimum atomic E-state index is -4.32. The van der Waals surface area contributed by atoms with Crippen molar-refractivity contribution in [2.75, 3.05) is 11.9 Å². The fourth-order valence-electron chi connectivity index (χ4n) is 4.18. The molecule has 6 nitrogen and oxygen atoms in total. The van der Waals surface area contributed by atoms with Crippen molar-refractivity contribution >= 4 is 17.2 Å². The molecular weight excluding hydrogens is 500 g/mol. The fraction of sp³-hybridized carbons (Fsp3) is 0.286. The number of ether oxygens (including phenoxy) is 1. The van der Waals surface area contributed by atoms with Gasteiger partial charge in [0.05, 0.1) is 30.2 Å². The molecule has 2 N–H and O–H groups in total. The Morgan fingerprint density at radius 2 is 1.89 bits per heavy atom. The van der Waals surface area contributed by atoms with Crippen molar-refractivity contribution in [1.29, 1.82) is 0 Å². The molecule has 4 aromatic rings. The van der Waals surface area contributed by atoms with Crippen LogP contribution in [-0.4, -0.2) is 34.1 Å². The number of benzene rings is 2. The predicted octanol–water partition coefficient (Wildman–Crippen LogP) is 6.81. The van der Waals surface area contributed by atoms with Crippen LogP contribution in [0.1, 0.15) is 40.7 Å². The van der Waals surface area contributed by atoms with E-state index in [0.29, 0.717) is 28.2 Å². The summed E-state index contributed by atoms with van der Waals surface area (Å²) in [5.41, 5.74) is 4.20. The van der Waals surface area contributed by atoms with Gasteiger partial charge in [0.15, 0.2) is 5.65 Å². The minimum Gasteiger partial charge on any atom is -0.455 e. The maximum absolute atomic E-state index is 13.9. The van der Waals surface area contributed by atoms with Crippen LogP contribution in [0.15, 0.2) is 54.9 Å². The first-order valence-electron chi connectivity index (χ1n) is 12.2. The van der Waals surface area contributed by atoms with E-state index in [1.165, 1.54) is 12.1 Å². The lowest BCUT2D eigenvalue weighted by Crippen LogP contribution is -2.26. The highest BCUT2D eigenvalue weighted by molar-refractivity contribution is 5.96. The number of imidazole rings is 1. The second kappa shape index (κ2) is 10.00. The highest BCUT2D eigenvalue weighted by Gasteiger charge is 2.27. The predicted molar refractivity (Wildman–Crippen MR) is 136 cm³/mol. The Labute approximate surface area is 216 Å². The molecule has 0 atom stereocenters. The normalized spacial score (nSPS) is 13.5. The zero-order valence-corrected chi connectivity index (χ0v) is 20.8. The molecule has 5 rings (SSSR count). The number of alkyl halides is 3. The lowest BCUT2D eigenvalue weighted by Gasteiger charge is -2.15. The summed E-state index contributed by atoms with van der Waals surface area (Å²) in [4.78, 5) is 17.0. The molecule has 0 spiro atoms. The van der Waals surface area contributed by atoms with E-state index < -0.39 is 18.4 Å². The molecule has 0 unspecified atom stereocenters. The van der Waals surface area contributed by atoms with Crippen LogP contribution in [0, 0.1) is 19.7 Å². The number of carbonyl (C=O) groups excluding carboxylic acids is 1. The number of halogens is 4. The highest BCUT2D eigenvalue weighted by atomic mass is 19.4. The van der Waals surface area contributed by atoms with Crippen LogP contribution in [0.3, 0.4) is 0 Å². The van der Waals surface area contributed by atoms with Crippen molar-refractivity contribution < 1.29 is 27.1 Å². The maximum atomic E-state index is 13.9. The Balaban J connectivity index is 1.53. The monoisotopic (exact) mass is 526 g/mol. The van der Waals surface area contributed by atoms with Gasteiger partial charge in [0.1, 0.15) is 17.3 Å². The summed E-state index contributed by atoms with van der Waals surface area (Å²) in [7, 11) is 0. The molecule has 1 aliphatic rings. The molecule has 0 bridgehead atoms. The van der Waals surface area contributed by atoms with Crippen LogP contribution in [0.5, 0.6) is 11.5 Å². The maximum Gasteiger partial charge on any atom is 0.390 e. The summed E-state index contributed by atoms with van der Waals surface area (Å²) in [6.45, 7) is 3.26. The van der Waals surface area contributed by atoms with Crippen LogP contribution in [0.4, 0.5) is 23.2 Å². The quantitative estimate of drug-likeness (QED) is 0.248. The number of anilines is 1. The number of hydrogen-bond donors (Lipinski definition) is 2. The highest BCUT2D eigenvalue weighted by Crippen LogP contribution is 2.33. The van der Waals surface area contributed by atoms with Crippen molar-refractivity contribution in [2.45, 2.75) is 45.3 Å². The third kappa shape index (κ3) is 5.74. The number of fused-ring (bicyclic) bond motifs is 1. The average Bonchev–Trinajstić information content (AvgIpc) is 3.55. The molecule has 0 saturated heterocycles. The lowest BCUT2D eigenvalue weighted by atomic mass is 10.0. The molecule has 0 aliphatic heterocycles. The number of hydrogen-bond acceptors (Lipinski definition) is 4. The van der Waals surface area contributed by atoms with Gasteiger partial charge >= 0.3 is 6.18 Å². The summed E-state index contributed by atoms with van der Waals surface area (Å²) in [5, 5.41) is 5.79. The second-order valence-corrected chi connectivity index (χ2v) is 9.51. The average molecular weight is 527 g/mol. The smallest absolute Gasteiger partial charge is 0.390 e. The molecule has 38 heavy (non-hydrogen) atoms. The number of aryl methyl sites for hydroxylation is 2. The number of aromatic nitrogens is 2. The Morgan fingerprint density at radius 1 is 1.11 bits per heavy atom. The number of nitrogens with one attached hydrogen (secondary N) is 2. The Morgan fingerprint density at radius 3 is 2.61 bits per heavy atom. The Hall–Kier alpha value is -4.08. The number of rotatable bonds is 8. The van der Waals surface area contributed by atoms with E-state index in [2.05, 4.69) is 15.6 Å². The SMILES string of the molecule is Cc1ccc(F)cc1Oc1cc(NCCC(F)(F)F)c2ncc(-c3ccc(C(=O)NC4CC4)c(C)c3)n2c1. The first-order chi connectivity index (χ1) is 18.1. The van der Waals surface area contributed by atoms with Gasteiger partial charge in [-0.1, -0.05) is 12.1 Å². The van der Waals surface area contributed by atoms with Crippen LogP contribution in [0.2, 0.25) is 0 Å². The molecule has 1 saturated carbocycles. The molecule has 2 aromatic heterocycles. The molecule has 10 heteroatoms. The van der Waals surface area contributed by atoms with Crippen LogP contribution < -0.4 is 15.4 Å². The molecule has 0 radical (unpaired) electrons. The molecule has 1 fully saturated rings. The molecule has 198 valence electrons. The van der Waals surface area contributed by atoms with Crippen molar-refractivity contribution in [1.82, 2.24) is 14.7 Å². The summed E-state index contributed by atoms with van der Waals surface area (Å²) in [6.07, 6.45) is -0.0977. The zero-order valence-electron chi connectivity index (χ0n) is 20.8. The van der Waals surface area contributed by atoms with Gasteiger partial charge in [-0.05, 0) is 56.0 Å². The van der Waals surface area contributed by atoms with Gasteiger partial charge in [0.2, 0.25) is 0 Å². The van der Waals surface area contributed by atoms with E-state index in [0.717, 1.165) is 24.0 Å². The number of pyridine rings is 1. The van der Waals surface area contributed by atoms with Gasteiger partial charge in [-0.15, -0.1) is 0 Å². The van der Waals surface area contributed by atoms with Gasteiger partial charge in [-0.3, -0.25) is 9.20 Å². The minimum absolute atomic E-state index is 0.119. The van der Waals surface area contributed by atoms with Crippen molar-refractivity contribution in [3.05, 3.63) is 77.4 Å². The number of carbonyl (C=O) groups is 1.